The molecule has 11 heteroatoms. The van der Waals surface area contributed by atoms with Crippen LogP contribution in [0.5, 0.6) is 0 Å². The molecule has 6 N–H and O–H groups in total. The number of hydrogen-bond acceptors (Lipinski definition) is 8. The second-order valence-electron chi connectivity index (χ2n) is 7.96. The molecule has 0 bridgehead atoms. The number of ether oxygens (including phenoxy) is 1. The number of hydrogen-bond donors (Lipinski definition) is 6. The summed E-state index contributed by atoms with van der Waals surface area (Å²) in [6, 6.07) is -1.39. The molecule has 1 heterocycles. The van der Waals surface area contributed by atoms with Crippen molar-refractivity contribution in [1.29, 1.82) is 0 Å². The van der Waals surface area contributed by atoms with Gasteiger partial charge in [-0.2, -0.15) is 0 Å². The van der Waals surface area contributed by atoms with Gasteiger partial charge in [0.25, 0.3) is 5.91 Å². The number of benzene rings is 1. The third-order valence-electron chi connectivity index (χ3n) is 5.74. The number of anilines is 2. The van der Waals surface area contributed by atoms with Gasteiger partial charge in [-0.25, -0.2) is 0 Å². The highest BCUT2D eigenvalue weighted by atomic mass is 16.6. The summed E-state index contributed by atoms with van der Waals surface area (Å²) in [7, 11) is 1.54. The van der Waals surface area contributed by atoms with Gasteiger partial charge in [0.15, 0.2) is 6.29 Å². The molecule has 0 radical (unpaired) electrons. The first kappa shape index (κ1) is 29.5. The van der Waals surface area contributed by atoms with Gasteiger partial charge in [0, 0.05) is 32.1 Å². The van der Waals surface area contributed by atoms with E-state index in [-0.39, 0.29) is 17.4 Å². The van der Waals surface area contributed by atoms with E-state index < -0.39 is 43.2 Å². The van der Waals surface area contributed by atoms with Crippen LogP contribution in [0.2, 0.25) is 0 Å². The molecule has 1 aliphatic heterocycles. The lowest BCUT2D eigenvalue weighted by Gasteiger charge is -2.40. The van der Waals surface area contributed by atoms with Gasteiger partial charge in [0.1, 0.15) is 24.4 Å². The molecule has 1 fully saturated rings. The molecule has 1 aromatic rings. The number of carbonyl (C=O) groups is 3. The van der Waals surface area contributed by atoms with Crippen LogP contribution in [0.1, 0.15) is 54.7 Å². The van der Waals surface area contributed by atoms with E-state index in [9.17, 15) is 34.8 Å². The second-order valence-corrected chi connectivity index (χ2v) is 7.96. The lowest BCUT2D eigenvalue weighted by molar-refractivity contribution is -0.252. The summed E-state index contributed by atoms with van der Waals surface area (Å²) in [6.07, 6.45) is -6.05. The minimum atomic E-state index is -1.69. The van der Waals surface area contributed by atoms with Crippen molar-refractivity contribution in [2.45, 2.75) is 79.1 Å². The second kappa shape index (κ2) is 12.2. The third-order valence-corrected chi connectivity index (χ3v) is 5.74. The zero-order valence-electron chi connectivity index (χ0n) is 21.0. The average Bonchev–Trinajstić information content (AvgIpc) is 2.77. The number of aliphatic hydroxyl groups is 4. The highest BCUT2D eigenvalue weighted by Gasteiger charge is 2.44. The number of nitrogens with zero attached hydrogens (tertiary/aromatic N) is 1. The van der Waals surface area contributed by atoms with Crippen LogP contribution in [0.3, 0.4) is 0 Å². The van der Waals surface area contributed by atoms with Gasteiger partial charge in [-0.15, -0.1) is 0 Å². The lowest BCUT2D eigenvalue weighted by Crippen LogP contribution is -2.64. The Morgan fingerprint density at radius 1 is 0.971 bits per heavy atom. The molecule has 1 aromatic carbocycles. The van der Waals surface area contributed by atoms with Crippen LogP contribution in [-0.4, -0.2) is 82.4 Å². The van der Waals surface area contributed by atoms with Crippen molar-refractivity contribution in [2.75, 3.05) is 23.9 Å². The van der Waals surface area contributed by atoms with Gasteiger partial charge in [-0.05, 0) is 37.5 Å². The number of carbonyl (C=O) groups excluding carboxylic acids is 3. The highest BCUT2D eigenvalue weighted by molar-refractivity contribution is 6.05. The van der Waals surface area contributed by atoms with Crippen LogP contribution in [0.25, 0.3) is 0 Å². The molecule has 192 valence electrons. The highest BCUT2D eigenvalue weighted by Crippen LogP contribution is 2.37. The topological polar surface area (TPSA) is 169 Å². The van der Waals surface area contributed by atoms with Gasteiger partial charge in [-0.3, -0.25) is 14.4 Å². The molecule has 3 amide bonds. The summed E-state index contributed by atoms with van der Waals surface area (Å²) in [5.74, 6) is -1.37. The van der Waals surface area contributed by atoms with E-state index in [1.54, 1.807) is 27.8 Å². The van der Waals surface area contributed by atoms with Gasteiger partial charge in [0.05, 0.1) is 12.3 Å². The maximum Gasteiger partial charge on any atom is 0.252 e. The van der Waals surface area contributed by atoms with E-state index in [0.717, 1.165) is 0 Å². The van der Waals surface area contributed by atoms with Crippen LogP contribution in [0.15, 0.2) is 0 Å². The quantitative estimate of drug-likeness (QED) is 0.343. The molecule has 1 saturated heterocycles. The largest absolute Gasteiger partial charge is 0.394 e. The van der Waals surface area contributed by atoms with E-state index in [1.807, 2.05) is 13.8 Å². The van der Waals surface area contributed by atoms with Gasteiger partial charge in [0.2, 0.25) is 11.8 Å². The first-order valence-electron chi connectivity index (χ1n) is 11.1. The van der Waals surface area contributed by atoms with E-state index >= 15 is 0 Å². The monoisotopic (exact) mass is 483 g/mol. The molecule has 34 heavy (non-hydrogen) atoms. The maximum atomic E-state index is 13.3. The zero-order valence-corrected chi connectivity index (χ0v) is 21.0. The summed E-state index contributed by atoms with van der Waals surface area (Å²) in [4.78, 5) is 38.4. The molecule has 5 unspecified atom stereocenters. The summed E-state index contributed by atoms with van der Waals surface area (Å²) in [6.45, 7) is 11.0. The van der Waals surface area contributed by atoms with Crippen molar-refractivity contribution in [3.05, 3.63) is 22.3 Å². The summed E-state index contributed by atoms with van der Waals surface area (Å²) >= 11 is 0. The minimum Gasteiger partial charge on any atom is -0.394 e. The van der Waals surface area contributed by atoms with Gasteiger partial charge in [-0.1, -0.05) is 13.8 Å². The predicted octanol–water partition coefficient (Wildman–Crippen LogP) is 0.109. The van der Waals surface area contributed by atoms with Gasteiger partial charge >= 0.3 is 0 Å². The summed E-state index contributed by atoms with van der Waals surface area (Å²) in [5, 5.41) is 45.0. The summed E-state index contributed by atoms with van der Waals surface area (Å²) < 4.78 is 5.09. The maximum absolute atomic E-state index is 13.3. The molecular formula is C23H37N3O8. The molecular weight excluding hydrogens is 446 g/mol. The van der Waals surface area contributed by atoms with Crippen LogP contribution in [0, 0.1) is 20.8 Å². The van der Waals surface area contributed by atoms with Crippen molar-refractivity contribution in [3.63, 3.8) is 0 Å². The molecule has 1 aliphatic rings. The fourth-order valence-corrected chi connectivity index (χ4v) is 4.05. The van der Waals surface area contributed by atoms with Crippen molar-refractivity contribution in [2.24, 2.45) is 0 Å². The predicted molar refractivity (Wildman–Crippen MR) is 127 cm³/mol. The number of nitrogens with one attached hydrogen (secondary N) is 2. The van der Waals surface area contributed by atoms with Gasteiger partial charge < -0.3 is 40.7 Å². The molecule has 11 nitrogen and oxygen atoms in total. The van der Waals surface area contributed by atoms with Crippen LogP contribution in [-0.2, 0) is 14.3 Å². The van der Waals surface area contributed by atoms with Crippen molar-refractivity contribution in [3.8, 4) is 0 Å². The Bertz CT molecular complexity index is 920. The van der Waals surface area contributed by atoms with Crippen LogP contribution >= 0.6 is 0 Å². The fourth-order valence-electron chi connectivity index (χ4n) is 4.05. The Labute approximate surface area is 199 Å². The molecule has 0 spiro atoms. The Balaban J connectivity index is 0.00000281. The Morgan fingerprint density at radius 2 is 1.53 bits per heavy atom. The van der Waals surface area contributed by atoms with Crippen molar-refractivity contribution >= 4 is 29.1 Å². The normalized spacial score (nSPS) is 23.9. The first-order chi connectivity index (χ1) is 15.8. The van der Waals surface area contributed by atoms with Crippen molar-refractivity contribution < 1.29 is 39.5 Å². The number of rotatable bonds is 5. The number of aliphatic hydroxyl groups excluding tert-OH is 4. The fraction of sp³-hybridized carbons (Fsp3) is 0.609. The number of amides is 3. The molecule has 0 saturated carbocycles. The molecule has 0 aromatic heterocycles. The third kappa shape index (κ3) is 5.91. The van der Waals surface area contributed by atoms with Crippen molar-refractivity contribution in [1.82, 2.24) is 5.32 Å². The minimum absolute atomic E-state index is 0.126. The van der Waals surface area contributed by atoms with E-state index in [4.69, 9.17) is 4.74 Å². The Morgan fingerprint density at radius 3 is 2.00 bits per heavy atom. The average molecular weight is 484 g/mol. The van der Waals surface area contributed by atoms with E-state index in [1.165, 1.54) is 18.7 Å². The van der Waals surface area contributed by atoms with E-state index in [2.05, 4.69) is 10.6 Å². The lowest BCUT2D eigenvalue weighted by atomic mass is 9.92. The molecule has 2 rings (SSSR count). The Hall–Kier alpha value is -2.57. The SMILES string of the molecule is CC.CC(=O)Nc1c(C)c(C(=O)NC2C(O)OC(CO)C(O)C2O)c(C)c(N(C)C(C)=O)c1C. The summed E-state index contributed by atoms with van der Waals surface area (Å²) in [5.41, 5.74) is 2.37. The van der Waals surface area contributed by atoms with Crippen LogP contribution in [0.4, 0.5) is 11.4 Å². The first-order valence-corrected chi connectivity index (χ1v) is 11.1. The Kier molecular flexibility index (Phi) is 10.6. The molecule has 5 atom stereocenters. The zero-order chi connectivity index (χ0) is 26.5. The molecule has 0 aliphatic carbocycles. The van der Waals surface area contributed by atoms with E-state index in [0.29, 0.717) is 28.1 Å². The van der Waals surface area contributed by atoms with Crippen LogP contribution < -0.4 is 15.5 Å². The smallest absolute Gasteiger partial charge is 0.252 e. The standard InChI is InChI=1S/C21H31N3O8.C2H6/c1-8-14(20(30)23-16-19(29)18(28)13(7-25)32-21(16)31)9(2)17(24(6)12(5)27)10(3)15(8)22-11(4)26;1-2/h13,16,18-19,21,25,28-29,31H,7H2,1-6H3,(H,22,26)(H,23,30);1-2H3.